The Hall–Kier alpha value is -2.13. The van der Waals surface area contributed by atoms with Crippen molar-refractivity contribution in [1.82, 2.24) is 4.57 Å². The van der Waals surface area contributed by atoms with Gasteiger partial charge in [0, 0.05) is 33.3 Å². The van der Waals surface area contributed by atoms with E-state index in [1.165, 1.54) is 55.6 Å². The Kier molecular flexibility index (Phi) is 4.94. The molecule has 4 fully saturated rings. The second-order valence-corrected chi connectivity index (χ2v) is 11.4. The summed E-state index contributed by atoms with van der Waals surface area (Å²) in [5, 5.41) is 0. The van der Waals surface area contributed by atoms with Crippen LogP contribution < -0.4 is 0 Å². The molecule has 7 rings (SSSR count). The molecule has 0 atom stereocenters. The molecular formula is C29H31BrN2. The molecule has 3 aromatic rings. The Labute approximate surface area is 199 Å². The first kappa shape index (κ1) is 20.5. The van der Waals surface area contributed by atoms with Crippen LogP contribution in [0.15, 0.2) is 64.1 Å². The molecule has 0 amide bonds. The van der Waals surface area contributed by atoms with E-state index in [0.29, 0.717) is 5.41 Å². The van der Waals surface area contributed by atoms with Gasteiger partial charge >= 0.3 is 0 Å². The minimum Gasteiger partial charge on any atom is -0.317 e. The van der Waals surface area contributed by atoms with Gasteiger partial charge in [0.15, 0.2) is 0 Å². The molecule has 32 heavy (non-hydrogen) atoms. The molecule has 3 heteroatoms. The standard InChI is InChI=1S/C29H31BrN2/c1-19-27(28(30)20(2)32(19)26-6-4-3-5-7-26)18-31-25-10-8-24(9-11-25)29-15-21-12-22(16-29)14-23(13-21)17-29/h3-11,18,21-23H,12-17H2,1-2H3. The van der Waals surface area contributed by atoms with Gasteiger partial charge in [0.05, 0.1) is 5.69 Å². The van der Waals surface area contributed by atoms with Crippen molar-refractivity contribution in [3.63, 3.8) is 0 Å². The third-order valence-corrected chi connectivity index (χ3v) is 9.49. The molecule has 0 N–H and O–H groups in total. The molecule has 4 aliphatic rings. The molecule has 1 heterocycles. The molecule has 1 aromatic heterocycles. The van der Waals surface area contributed by atoms with Gasteiger partial charge in [-0.1, -0.05) is 30.3 Å². The normalized spacial score (nSPS) is 28.7. The number of rotatable bonds is 4. The molecular weight excluding hydrogens is 456 g/mol. The Morgan fingerprint density at radius 1 is 0.844 bits per heavy atom. The van der Waals surface area contributed by atoms with Crippen LogP contribution in [0.5, 0.6) is 0 Å². The van der Waals surface area contributed by atoms with Gasteiger partial charge in [-0.2, -0.15) is 0 Å². The minimum atomic E-state index is 0.459. The van der Waals surface area contributed by atoms with E-state index in [0.717, 1.165) is 33.5 Å². The molecule has 0 radical (unpaired) electrons. The van der Waals surface area contributed by atoms with E-state index < -0.39 is 0 Å². The highest BCUT2D eigenvalue weighted by molar-refractivity contribution is 9.10. The lowest BCUT2D eigenvalue weighted by atomic mass is 9.48. The second-order valence-electron chi connectivity index (χ2n) is 10.6. The van der Waals surface area contributed by atoms with Crippen LogP contribution in [0.1, 0.15) is 61.0 Å². The van der Waals surface area contributed by atoms with Gasteiger partial charge in [0.2, 0.25) is 0 Å². The molecule has 4 saturated carbocycles. The van der Waals surface area contributed by atoms with Gasteiger partial charge in [0.1, 0.15) is 0 Å². The van der Waals surface area contributed by atoms with Crippen LogP contribution in [-0.2, 0) is 5.41 Å². The summed E-state index contributed by atoms with van der Waals surface area (Å²) in [6.07, 6.45) is 10.8. The van der Waals surface area contributed by atoms with Gasteiger partial charge in [-0.3, -0.25) is 4.99 Å². The van der Waals surface area contributed by atoms with Crippen LogP contribution in [-0.4, -0.2) is 10.8 Å². The first-order valence-corrected chi connectivity index (χ1v) is 12.9. The number of nitrogens with zero attached hydrogens (tertiary/aromatic N) is 2. The lowest BCUT2D eigenvalue weighted by Crippen LogP contribution is -2.48. The van der Waals surface area contributed by atoms with Crippen LogP contribution in [0.3, 0.4) is 0 Å². The summed E-state index contributed by atoms with van der Waals surface area (Å²) >= 11 is 3.81. The molecule has 164 valence electrons. The Morgan fingerprint density at radius 3 is 2.03 bits per heavy atom. The summed E-state index contributed by atoms with van der Waals surface area (Å²) in [6.45, 7) is 4.32. The topological polar surface area (TPSA) is 17.3 Å². The monoisotopic (exact) mass is 486 g/mol. The fourth-order valence-electron chi connectivity index (χ4n) is 7.44. The fourth-order valence-corrected chi connectivity index (χ4v) is 8.01. The first-order chi connectivity index (χ1) is 15.5. The molecule has 0 saturated heterocycles. The smallest absolute Gasteiger partial charge is 0.0630 e. The van der Waals surface area contributed by atoms with Crippen molar-refractivity contribution >= 4 is 27.8 Å². The number of benzene rings is 2. The highest BCUT2D eigenvalue weighted by atomic mass is 79.9. The van der Waals surface area contributed by atoms with Crippen molar-refractivity contribution in [1.29, 1.82) is 0 Å². The third-order valence-electron chi connectivity index (χ3n) is 8.49. The predicted molar refractivity (Wildman–Crippen MR) is 136 cm³/mol. The zero-order valence-electron chi connectivity index (χ0n) is 19.0. The van der Waals surface area contributed by atoms with Gasteiger partial charge in [0.25, 0.3) is 0 Å². The second kappa shape index (κ2) is 7.73. The number of halogens is 1. The van der Waals surface area contributed by atoms with Crippen LogP contribution in [0.4, 0.5) is 5.69 Å². The maximum atomic E-state index is 4.87. The maximum absolute atomic E-state index is 4.87. The lowest BCUT2D eigenvalue weighted by Gasteiger charge is -2.57. The summed E-state index contributed by atoms with van der Waals surface area (Å²) in [5.74, 6) is 2.95. The maximum Gasteiger partial charge on any atom is 0.0630 e. The van der Waals surface area contributed by atoms with E-state index in [-0.39, 0.29) is 0 Å². The highest BCUT2D eigenvalue weighted by Gasteiger charge is 2.51. The summed E-state index contributed by atoms with van der Waals surface area (Å²) in [5.41, 5.74) is 7.80. The number of hydrogen-bond acceptors (Lipinski definition) is 1. The first-order valence-electron chi connectivity index (χ1n) is 12.1. The Morgan fingerprint density at radius 2 is 1.44 bits per heavy atom. The average molecular weight is 487 g/mol. The van der Waals surface area contributed by atoms with E-state index in [9.17, 15) is 0 Å². The van der Waals surface area contributed by atoms with E-state index in [4.69, 9.17) is 4.99 Å². The van der Waals surface area contributed by atoms with Crippen LogP contribution >= 0.6 is 15.9 Å². The van der Waals surface area contributed by atoms with Crippen LogP contribution in [0.2, 0.25) is 0 Å². The van der Waals surface area contributed by atoms with E-state index >= 15 is 0 Å². The van der Waals surface area contributed by atoms with Gasteiger partial charge in [-0.25, -0.2) is 0 Å². The number of para-hydroxylation sites is 1. The van der Waals surface area contributed by atoms with E-state index in [1.807, 2.05) is 6.21 Å². The van der Waals surface area contributed by atoms with E-state index in [1.54, 1.807) is 5.56 Å². The summed E-state index contributed by atoms with van der Waals surface area (Å²) in [7, 11) is 0. The summed E-state index contributed by atoms with van der Waals surface area (Å²) in [4.78, 5) is 4.87. The molecule has 2 aromatic carbocycles. The number of aromatic nitrogens is 1. The fraction of sp³-hybridized carbons (Fsp3) is 0.414. The highest BCUT2D eigenvalue weighted by Crippen LogP contribution is 2.60. The van der Waals surface area contributed by atoms with Crippen molar-refractivity contribution in [2.24, 2.45) is 22.7 Å². The van der Waals surface area contributed by atoms with E-state index in [2.05, 4.69) is 88.9 Å². The van der Waals surface area contributed by atoms with Crippen molar-refractivity contribution in [3.8, 4) is 5.69 Å². The number of hydrogen-bond donors (Lipinski definition) is 0. The predicted octanol–water partition coefficient (Wildman–Crippen LogP) is 8.08. The average Bonchev–Trinajstić information content (AvgIpc) is 3.00. The third kappa shape index (κ3) is 3.32. The molecule has 4 aliphatic carbocycles. The van der Waals surface area contributed by atoms with Gasteiger partial charge in [-0.05, 0) is 121 Å². The molecule has 0 unspecified atom stereocenters. The quantitative estimate of drug-likeness (QED) is 0.331. The van der Waals surface area contributed by atoms with Crippen molar-refractivity contribution in [2.75, 3.05) is 0 Å². The minimum absolute atomic E-state index is 0.459. The lowest BCUT2D eigenvalue weighted by molar-refractivity contribution is -0.00518. The molecule has 0 aliphatic heterocycles. The number of aliphatic imine (C=N–C) groups is 1. The van der Waals surface area contributed by atoms with Crippen molar-refractivity contribution < 1.29 is 0 Å². The summed E-state index contributed by atoms with van der Waals surface area (Å²) < 4.78 is 3.41. The molecule has 4 bridgehead atoms. The summed E-state index contributed by atoms with van der Waals surface area (Å²) in [6, 6.07) is 19.7. The van der Waals surface area contributed by atoms with Crippen LogP contribution in [0, 0.1) is 31.6 Å². The molecule has 0 spiro atoms. The Bertz CT molecular complexity index is 1130. The van der Waals surface area contributed by atoms with Gasteiger partial charge in [-0.15, -0.1) is 0 Å². The van der Waals surface area contributed by atoms with Crippen molar-refractivity contribution in [2.45, 2.75) is 57.8 Å². The SMILES string of the molecule is Cc1c(Br)c(C=Nc2ccc(C34CC5CC(CC(C5)C3)C4)cc2)c(C)n1-c1ccccc1. The zero-order valence-corrected chi connectivity index (χ0v) is 20.6. The zero-order chi connectivity index (χ0) is 21.9. The molecule has 2 nitrogen and oxygen atoms in total. The largest absolute Gasteiger partial charge is 0.317 e. The Balaban J connectivity index is 1.27. The van der Waals surface area contributed by atoms with Crippen molar-refractivity contribution in [3.05, 3.63) is 81.6 Å². The van der Waals surface area contributed by atoms with Crippen LogP contribution in [0.25, 0.3) is 5.69 Å². The van der Waals surface area contributed by atoms with Gasteiger partial charge < -0.3 is 4.57 Å².